The lowest BCUT2D eigenvalue weighted by Crippen LogP contribution is -2.21. The maximum Gasteiger partial charge on any atom is 0.453 e. The van der Waals surface area contributed by atoms with E-state index in [-0.39, 0.29) is 10.9 Å². The van der Waals surface area contributed by atoms with Gasteiger partial charge in [-0.1, -0.05) is 42.1 Å². The van der Waals surface area contributed by atoms with E-state index in [9.17, 15) is 18.0 Å². The zero-order chi connectivity index (χ0) is 19.2. The number of rotatable bonds is 3. The van der Waals surface area contributed by atoms with Crippen LogP contribution in [0.4, 0.5) is 13.2 Å². The van der Waals surface area contributed by atoms with Crippen LogP contribution in [0.5, 0.6) is 0 Å². The number of hydrogen-bond acceptors (Lipinski definition) is 6. The van der Waals surface area contributed by atoms with Gasteiger partial charge >= 0.3 is 11.8 Å². The SMILES string of the molecule is Nn1c(SCc2cc(=O)oc3ccc4ccccc4c23)nnc1C(F)(F)F. The lowest BCUT2D eigenvalue weighted by Gasteiger charge is -2.09. The number of fused-ring (bicyclic) bond motifs is 3. The van der Waals surface area contributed by atoms with Gasteiger partial charge in [0.05, 0.1) is 0 Å². The molecule has 0 bridgehead atoms. The number of thioether (sulfide) groups is 1. The van der Waals surface area contributed by atoms with E-state index in [1.165, 1.54) is 6.07 Å². The molecule has 0 unspecified atom stereocenters. The first-order valence-corrected chi connectivity index (χ1v) is 8.68. The van der Waals surface area contributed by atoms with Crippen molar-refractivity contribution in [2.75, 3.05) is 5.84 Å². The van der Waals surface area contributed by atoms with Crippen molar-refractivity contribution >= 4 is 33.5 Å². The van der Waals surface area contributed by atoms with E-state index in [1.54, 1.807) is 6.07 Å². The molecular formula is C17H11F3N4O2S. The molecule has 2 N–H and O–H groups in total. The number of nitrogens with zero attached hydrogens (tertiary/aromatic N) is 3. The standard InChI is InChI=1S/C17H11F3N4O2S/c18-17(19,20)15-22-23-16(24(15)21)27-8-10-7-13(25)26-12-6-5-9-3-1-2-4-11(9)14(10)12/h1-7H,8,21H2. The Balaban J connectivity index is 1.77. The fourth-order valence-corrected chi connectivity index (χ4v) is 3.68. The van der Waals surface area contributed by atoms with E-state index >= 15 is 0 Å². The molecule has 27 heavy (non-hydrogen) atoms. The smallest absolute Gasteiger partial charge is 0.423 e. The first-order chi connectivity index (χ1) is 12.8. The number of hydrogen-bond donors (Lipinski definition) is 1. The predicted octanol–water partition coefficient (Wildman–Crippen LogP) is 3.56. The molecule has 2 heterocycles. The molecule has 6 nitrogen and oxygen atoms in total. The van der Waals surface area contributed by atoms with E-state index in [1.807, 2.05) is 30.3 Å². The average Bonchev–Trinajstić information content (AvgIpc) is 3.00. The van der Waals surface area contributed by atoms with E-state index in [2.05, 4.69) is 10.2 Å². The number of aromatic nitrogens is 3. The molecule has 0 saturated heterocycles. The van der Waals surface area contributed by atoms with Crippen LogP contribution in [0.2, 0.25) is 0 Å². The Labute approximate surface area is 153 Å². The summed E-state index contributed by atoms with van der Waals surface area (Å²) in [4.78, 5) is 11.9. The summed E-state index contributed by atoms with van der Waals surface area (Å²) in [6.45, 7) is 0. The highest BCUT2D eigenvalue weighted by atomic mass is 32.2. The zero-order valence-corrected chi connectivity index (χ0v) is 14.3. The summed E-state index contributed by atoms with van der Waals surface area (Å²) < 4.78 is 44.0. The van der Waals surface area contributed by atoms with Gasteiger partial charge in [-0.25, -0.2) is 9.47 Å². The van der Waals surface area contributed by atoms with Crippen molar-refractivity contribution in [3.8, 4) is 0 Å². The molecule has 0 aliphatic carbocycles. The highest BCUT2D eigenvalue weighted by Crippen LogP contribution is 2.32. The first kappa shape index (κ1) is 17.4. The van der Waals surface area contributed by atoms with Crippen LogP contribution in [0.15, 0.2) is 56.8 Å². The summed E-state index contributed by atoms with van der Waals surface area (Å²) in [5.41, 5.74) is 0.472. The molecule has 0 spiro atoms. The minimum Gasteiger partial charge on any atom is -0.423 e. The summed E-state index contributed by atoms with van der Waals surface area (Å²) in [5, 5.41) is 9.02. The van der Waals surface area contributed by atoms with Crippen LogP contribution in [0, 0.1) is 0 Å². The van der Waals surface area contributed by atoms with Gasteiger partial charge in [0.15, 0.2) is 0 Å². The van der Waals surface area contributed by atoms with Gasteiger partial charge in [0.25, 0.3) is 5.82 Å². The third-order valence-corrected chi connectivity index (χ3v) is 4.98. The normalized spacial score (nSPS) is 12.1. The van der Waals surface area contributed by atoms with Crippen LogP contribution in [-0.2, 0) is 11.9 Å². The third-order valence-electron chi connectivity index (χ3n) is 3.99. The van der Waals surface area contributed by atoms with Crippen LogP contribution < -0.4 is 11.5 Å². The maximum absolute atomic E-state index is 12.8. The minimum absolute atomic E-state index is 0.107. The van der Waals surface area contributed by atoms with Crippen LogP contribution in [0.25, 0.3) is 21.7 Å². The molecule has 2 aromatic heterocycles. The Kier molecular flexibility index (Phi) is 4.06. The van der Waals surface area contributed by atoms with Crippen molar-refractivity contribution in [2.24, 2.45) is 0 Å². The fraction of sp³-hybridized carbons (Fsp3) is 0.118. The first-order valence-electron chi connectivity index (χ1n) is 7.69. The van der Waals surface area contributed by atoms with E-state index in [4.69, 9.17) is 10.3 Å². The molecule has 0 atom stereocenters. The fourth-order valence-electron chi connectivity index (χ4n) is 2.84. The number of benzene rings is 2. The van der Waals surface area contributed by atoms with Gasteiger partial charge in [0.2, 0.25) is 5.16 Å². The Bertz CT molecular complexity index is 1220. The summed E-state index contributed by atoms with van der Waals surface area (Å²) in [5.74, 6) is 4.34. The van der Waals surface area contributed by atoms with Crippen LogP contribution in [0.1, 0.15) is 11.4 Å². The van der Waals surface area contributed by atoms with E-state index < -0.39 is 17.6 Å². The number of halogens is 3. The quantitative estimate of drug-likeness (QED) is 0.248. The van der Waals surface area contributed by atoms with Crippen LogP contribution >= 0.6 is 11.8 Å². The third kappa shape index (κ3) is 3.12. The van der Waals surface area contributed by atoms with Gasteiger partial charge in [0, 0.05) is 17.2 Å². The van der Waals surface area contributed by atoms with Gasteiger partial charge in [0.1, 0.15) is 5.58 Å². The zero-order valence-electron chi connectivity index (χ0n) is 13.5. The van der Waals surface area contributed by atoms with Crippen molar-refractivity contribution in [3.63, 3.8) is 0 Å². The lowest BCUT2D eigenvalue weighted by molar-refractivity contribution is -0.146. The van der Waals surface area contributed by atoms with Crippen molar-refractivity contribution in [1.82, 2.24) is 14.9 Å². The Morgan fingerprint density at radius 1 is 1.15 bits per heavy atom. The molecule has 0 aliphatic heterocycles. The largest absolute Gasteiger partial charge is 0.453 e. The molecule has 138 valence electrons. The summed E-state index contributed by atoms with van der Waals surface area (Å²) >= 11 is 0.953. The number of nitrogen functional groups attached to an aromatic ring is 1. The number of alkyl halides is 3. The Hall–Kier alpha value is -3.01. The molecule has 0 aliphatic rings. The van der Waals surface area contributed by atoms with Crippen LogP contribution in [0.3, 0.4) is 0 Å². The Morgan fingerprint density at radius 2 is 1.93 bits per heavy atom. The van der Waals surface area contributed by atoms with Crippen molar-refractivity contribution in [1.29, 1.82) is 0 Å². The summed E-state index contributed by atoms with van der Waals surface area (Å²) in [6.07, 6.45) is -4.70. The van der Waals surface area contributed by atoms with Gasteiger partial charge in [-0.05, 0) is 22.4 Å². The second-order valence-corrected chi connectivity index (χ2v) is 6.66. The van der Waals surface area contributed by atoms with Gasteiger partial charge < -0.3 is 10.3 Å². The monoisotopic (exact) mass is 392 g/mol. The van der Waals surface area contributed by atoms with E-state index in [0.29, 0.717) is 15.8 Å². The van der Waals surface area contributed by atoms with Gasteiger partial charge in [-0.15, -0.1) is 10.2 Å². The van der Waals surface area contributed by atoms with Crippen LogP contribution in [-0.4, -0.2) is 14.9 Å². The molecule has 10 heteroatoms. The molecule has 0 saturated carbocycles. The van der Waals surface area contributed by atoms with E-state index in [0.717, 1.165) is 27.9 Å². The van der Waals surface area contributed by atoms with Crippen molar-refractivity contribution in [3.05, 3.63) is 64.3 Å². The molecule has 0 amide bonds. The topological polar surface area (TPSA) is 86.9 Å². The second-order valence-electron chi connectivity index (χ2n) is 5.71. The molecule has 0 fully saturated rings. The molecule has 2 aromatic carbocycles. The predicted molar refractivity (Wildman–Crippen MR) is 94.7 cm³/mol. The lowest BCUT2D eigenvalue weighted by atomic mass is 10.0. The molecule has 4 aromatic rings. The summed E-state index contributed by atoms with van der Waals surface area (Å²) in [7, 11) is 0. The second kappa shape index (κ2) is 6.31. The molecule has 0 radical (unpaired) electrons. The van der Waals surface area contributed by atoms with Gasteiger partial charge in [-0.3, -0.25) is 0 Å². The molecule has 4 rings (SSSR count). The highest BCUT2D eigenvalue weighted by molar-refractivity contribution is 7.98. The summed E-state index contributed by atoms with van der Waals surface area (Å²) in [6, 6.07) is 12.4. The van der Waals surface area contributed by atoms with Crippen molar-refractivity contribution < 1.29 is 17.6 Å². The maximum atomic E-state index is 12.8. The Morgan fingerprint density at radius 3 is 2.67 bits per heavy atom. The van der Waals surface area contributed by atoms with Gasteiger partial charge in [-0.2, -0.15) is 13.2 Å². The number of nitrogens with two attached hydrogens (primary N) is 1. The van der Waals surface area contributed by atoms with Crippen molar-refractivity contribution in [2.45, 2.75) is 17.1 Å². The highest BCUT2D eigenvalue weighted by Gasteiger charge is 2.38. The minimum atomic E-state index is -4.70. The molecular weight excluding hydrogens is 381 g/mol. The average molecular weight is 392 g/mol.